The molecule has 0 fully saturated rings. The highest BCUT2D eigenvalue weighted by Gasteiger charge is 2.19. The Morgan fingerprint density at radius 2 is 1.21 bits per heavy atom. The van der Waals surface area contributed by atoms with Gasteiger partial charge < -0.3 is 4.57 Å². The van der Waals surface area contributed by atoms with E-state index in [1.165, 1.54) is 49.1 Å². The molecule has 0 radical (unpaired) electrons. The number of benzene rings is 6. The Kier molecular flexibility index (Phi) is 5.20. The van der Waals surface area contributed by atoms with Gasteiger partial charge in [0.15, 0.2) is 0 Å². The molecule has 6 aromatic carbocycles. The Balaban J connectivity index is 1.31. The molecule has 0 spiro atoms. The van der Waals surface area contributed by atoms with E-state index in [0.717, 1.165) is 33.4 Å². The van der Waals surface area contributed by atoms with Crippen LogP contribution in [0.3, 0.4) is 0 Å². The zero-order valence-electron chi connectivity index (χ0n) is 23.3. The first-order valence-electron chi connectivity index (χ1n) is 14.6. The molecule has 0 unspecified atom stereocenters. The van der Waals surface area contributed by atoms with E-state index >= 15 is 0 Å². The summed E-state index contributed by atoms with van der Waals surface area (Å²) >= 11 is 0. The Labute approximate surface area is 248 Å². The van der Waals surface area contributed by atoms with E-state index < -0.39 is 0 Å². The highest BCUT2D eigenvalue weighted by atomic mass is 15.0. The van der Waals surface area contributed by atoms with Crippen LogP contribution in [0.1, 0.15) is 0 Å². The van der Waals surface area contributed by atoms with Gasteiger partial charge in [0, 0.05) is 49.8 Å². The molecule has 0 aliphatic rings. The van der Waals surface area contributed by atoms with Gasteiger partial charge in [0.1, 0.15) is 0 Å². The van der Waals surface area contributed by atoms with Crippen LogP contribution < -0.4 is 0 Å². The fourth-order valence-corrected chi connectivity index (χ4v) is 6.65. The number of pyridine rings is 2. The van der Waals surface area contributed by atoms with Crippen LogP contribution in [0, 0.1) is 0 Å². The summed E-state index contributed by atoms with van der Waals surface area (Å²) in [6, 6.07) is 51.8. The van der Waals surface area contributed by atoms with Gasteiger partial charge in [-0.25, -0.2) is 4.98 Å². The average Bonchev–Trinajstić information content (AvgIpc) is 3.42. The van der Waals surface area contributed by atoms with E-state index in [9.17, 15) is 0 Å². The largest absolute Gasteiger partial charge is 0.309 e. The normalized spacial score (nSPS) is 11.7. The molecule has 9 rings (SSSR count). The topological polar surface area (TPSA) is 30.7 Å². The second-order valence-electron chi connectivity index (χ2n) is 11.0. The van der Waals surface area contributed by atoms with Crippen molar-refractivity contribution in [2.24, 2.45) is 0 Å². The molecule has 0 aliphatic carbocycles. The fourth-order valence-electron chi connectivity index (χ4n) is 6.65. The summed E-state index contributed by atoms with van der Waals surface area (Å²) in [7, 11) is 0. The highest BCUT2D eigenvalue weighted by Crippen LogP contribution is 2.42. The maximum atomic E-state index is 5.17. The van der Waals surface area contributed by atoms with Crippen molar-refractivity contribution in [1.29, 1.82) is 0 Å². The van der Waals surface area contributed by atoms with E-state index in [0.29, 0.717) is 0 Å². The van der Waals surface area contributed by atoms with Crippen LogP contribution in [0.5, 0.6) is 0 Å². The van der Waals surface area contributed by atoms with Crippen molar-refractivity contribution in [3.05, 3.63) is 152 Å². The molecule has 0 amide bonds. The summed E-state index contributed by atoms with van der Waals surface area (Å²) < 4.78 is 2.40. The Bertz CT molecular complexity index is 2490. The highest BCUT2D eigenvalue weighted by molar-refractivity contribution is 6.29. The lowest BCUT2D eigenvalue weighted by Gasteiger charge is -2.13. The zero-order chi connectivity index (χ0) is 28.3. The number of fused-ring (bicyclic) bond motifs is 8. The lowest BCUT2D eigenvalue weighted by Crippen LogP contribution is -1.94. The van der Waals surface area contributed by atoms with Gasteiger partial charge in [0.2, 0.25) is 0 Å². The summed E-state index contributed by atoms with van der Waals surface area (Å²) in [6.07, 6.45) is 1.84. The van der Waals surface area contributed by atoms with Crippen LogP contribution in [0.2, 0.25) is 0 Å². The molecule has 43 heavy (non-hydrogen) atoms. The van der Waals surface area contributed by atoms with Gasteiger partial charge in [-0.2, -0.15) is 0 Å². The standard InChI is InChI=1S/C40H25N3/c1-2-9-27(10-3-1)40-33-21-23-37-39(38(33)31-12-4-6-14-35(31)42-40)32-13-5-7-15-36(32)43(37)30-19-16-26(17-20-30)28-18-22-34-29(25-28)11-8-24-41-34/h1-25H. The van der Waals surface area contributed by atoms with Gasteiger partial charge in [0.05, 0.1) is 27.8 Å². The van der Waals surface area contributed by atoms with Crippen molar-refractivity contribution in [2.75, 3.05) is 0 Å². The molecule has 3 heteroatoms. The first-order valence-corrected chi connectivity index (χ1v) is 14.6. The van der Waals surface area contributed by atoms with Crippen molar-refractivity contribution in [3.63, 3.8) is 0 Å². The van der Waals surface area contributed by atoms with Crippen molar-refractivity contribution < 1.29 is 0 Å². The predicted molar refractivity (Wildman–Crippen MR) is 180 cm³/mol. The first kappa shape index (κ1) is 23.9. The molecular weight excluding hydrogens is 522 g/mol. The molecule has 200 valence electrons. The van der Waals surface area contributed by atoms with Crippen LogP contribution in [0.15, 0.2) is 152 Å². The van der Waals surface area contributed by atoms with Crippen molar-refractivity contribution >= 4 is 54.4 Å². The van der Waals surface area contributed by atoms with E-state index in [2.05, 4.69) is 149 Å². The van der Waals surface area contributed by atoms with Gasteiger partial charge in [-0.05, 0) is 59.7 Å². The second-order valence-corrected chi connectivity index (χ2v) is 11.0. The molecule has 3 aromatic heterocycles. The molecule has 0 bridgehead atoms. The van der Waals surface area contributed by atoms with E-state index in [4.69, 9.17) is 4.98 Å². The van der Waals surface area contributed by atoms with Crippen molar-refractivity contribution in [1.82, 2.24) is 14.5 Å². The summed E-state index contributed by atoms with van der Waals surface area (Å²) in [5, 5.41) is 7.24. The second kappa shape index (κ2) is 9.37. The van der Waals surface area contributed by atoms with Gasteiger partial charge in [-0.1, -0.05) is 97.1 Å². The molecule has 0 N–H and O–H groups in total. The quantitative estimate of drug-likeness (QED) is 0.206. The number of rotatable bonds is 3. The number of aromatic nitrogens is 3. The number of nitrogens with zero attached hydrogens (tertiary/aromatic N) is 3. The summed E-state index contributed by atoms with van der Waals surface area (Å²) in [4.78, 5) is 9.65. The summed E-state index contributed by atoms with van der Waals surface area (Å²) in [5.41, 5.74) is 10.1. The van der Waals surface area contributed by atoms with Gasteiger partial charge in [-0.15, -0.1) is 0 Å². The van der Waals surface area contributed by atoms with E-state index in [-0.39, 0.29) is 0 Å². The maximum Gasteiger partial charge on any atom is 0.0788 e. The van der Waals surface area contributed by atoms with Gasteiger partial charge in [0.25, 0.3) is 0 Å². The molecular formula is C40H25N3. The lowest BCUT2D eigenvalue weighted by molar-refractivity contribution is 1.18. The van der Waals surface area contributed by atoms with Crippen LogP contribution in [-0.4, -0.2) is 14.5 Å². The van der Waals surface area contributed by atoms with Crippen LogP contribution in [-0.2, 0) is 0 Å². The predicted octanol–water partition coefficient (Wildman–Crippen LogP) is 10.4. The molecule has 3 nitrogen and oxygen atoms in total. The molecule has 0 saturated heterocycles. The summed E-state index contributed by atoms with van der Waals surface area (Å²) in [5.74, 6) is 0. The van der Waals surface area contributed by atoms with Crippen LogP contribution in [0.25, 0.3) is 82.5 Å². The Morgan fingerprint density at radius 3 is 2.09 bits per heavy atom. The van der Waals surface area contributed by atoms with Crippen LogP contribution in [0.4, 0.5) is 0 Å². The fraction of sp³-hybridized carbons (Fsp3) is 0. The molecule has 0 atom stereocenters. The molecule has 0 saturated carbocycles. The van der Waals surface area contributed by atoms with Gasteiger partial charge >= 0.3 is 0 Å². The smallest absolute Gasteiger partial charge is 0.0788 e. The molecule has 0 aliphatic heterocycles. The zero-order valence-corrected chi connectivity index (χ0v) is 23.3. The third-order valence-electron chi connectivity index (χ3n) is 8.61. The minimum absolute atomic E-state index is 1.01. The number of hydrogen-bond donors (Lipinski definition) is 0. The van der Waals surface area contributed by atoms with Crippen molar-refractivity contribution in [3.8, 4) is 28.1 Å². The average molecular weight is 548 g/mol. The van der Waals surface area contributed by atoms with Crippen molar-refractivity contribution in [2.45, 2.75) is 0 Å². The molecule has 3 heterocycles. The Morgan fingerprint density at radius 1 is 0.442 bits per heavy atom. The Hall–Kier alpha value is -5.80. The third kappa shape index (κ3) is 3.68. The van der Waals surface area contributed by atoms with Gasteiger partial charge in [-0.3, -0.25) is 4.98 Å². The SMILES string of the molecule is c1ccc(-c2nc3ccccc3c3c2ccc2c3c3ccccc3n2-c2ccc(-c3ccc4ncccc4c3)cc2)cc1. The van der Waals surface area contributed by atoms with Crippen LogP contribution >= 0.6 is 0 Å². The minimum atomic E-state index is 1.01. The molecule has 9 aromatic rings. The minimum Gasteiger partial charge on any atom is -0.309 e. The van der Waals surface area contributed by atoms with E-state index in [1.807, 2.05) is 12.3 Å². The monoisotopic (exact) mass is 547 g/mol. The van der Waals surface area contributed by atoms with E-state index in [1.54, 1.807) is 0 Å². The lowest BCUT2D eigenvalue weighted by atomic mass is 9.96. The maximum absolute atomic E-state index is 5.17. The first-order chi connectivity index (χ1) is 21.3. The number of hydrogen-bond acceptors (Lipinski definition) is 2. The summed E-state index contributed by atoms with van der Waals surface area (Å²) in [6.45, 7) is 0. The third-order valence-corrected chi connectivity index (χ3v) is 8.61. The number of para-hydroxylation sites is 2.